The summed E-state index contributed by atoms with van der Waals surface area (Å²) in [6.45, 7) is 28.7. The molecule has 0 radical (unpaired) electrons. The quantitative estimate of drug-likeness (QED) is 0.112. The number of rotatable bonds is 13. The lowest BCUT2D eigenvalue weighted by molar-refractivity contribution is 0.299. The van der Waals surface area contributed by atoms with Gasteiger partial charge in [0.25, 0.3) is 0 Å². The molecular formula is C136H110N8. The molecule has 3 aliphatic carbocycles. The molecule has 19 aromatic carbocycles. The van der Waals surface area contributed by atoms with Crippen LogP contribution < -0.4 is 0 Å². The van der Waals surface area contributed by atoms with Crippen molar-refractivity contribution in [2.75, 3.05) is 0 Å². The molecular weight excluding hydrogens is 1750 g/mol. The van der Waals surface area contributed by atoms with Gasteiger partial charge in [0.1, 0.15) is 0 Å². The summed E-state index contributed by atoms with van der Waals surface area (Å²) in [5.41, 5.74) is 39.3. The minimum Gasteiger partial charge on any atom is -0.244 e. The Morgan fingerprint density at radius 1 is 0.146 bits per heavy atom. The van der Waals surface area contributed by atoms with Crippen molar-refractivity contribution in [1.82, 2.24) is 39.9 Å². The Bertz CT molecular complexity index is 8640. The number of fused-ring (bicyclic) bond motifs is 12. The Hall–Kier alpha value is -16.9. The van der Waals surface area contributed by atoms with Crippen molar-refractivity contribution in [3.63, 3.8) is 0 Å². The Morgan fingerprint density at radius 2 is 0.465 bits per heavy atom. The third kappa shape index (κ3) is 15.9. The van der Waals surface area contributed by atoms with Crippen LogP contribution >= 0.6 is 0 Å². The number of benzene rings is 19. The molecule has 0 amide bonds. The zero-order valence-electron chi connectivity index (χ0n) is 83.3. The van der Waals surface area contributed by atoms with Crippen LogP contribution in [0.5, 0.6) is 0 Å². The highest BCUT2D eigenvalue weighted by atomic mass is 15.0. The molecule has 0 N–H and O–H groups in total. The van der Waals surface area contributed by atoms with Crippen LogP contribution in [-0.4, -0.2) is 39.9 Å². The van der Waals surface area contributed by atoms with Crippen LogP contribution in [-0.2, 0) is 32.5 Å². The highest BCUT2D eigenvalue weighted by Gasteiger charge is 2.50. The van der Waals surface area contributed by atoms with Gasteiger partial charge < -0.3 is 0 Å². The third-order valence-corrected chi connectivity index (χ3v) is 32.2. The maximum Gasteiger partial charge on any atom is 0.164 e. The fourth-order valence-corrected chi connectivity index (χ4v) is 22.4. The van der Waals surface area contributed by atoms with Crippen LogP contribution in [0.1, 0.15) is 116 Å². The third-order valence-electron chi connectivity index (χ3n) is 32.2. The van der Waals surface area contributed by atoms with Crippen molar-refractivity contribution in [2.24, 2.45) is 0 Å². The lowest BCUT2D eigenvalue weighted by Crippen LogP contribution is -2.44. The monoisotopic (exact) mass is 1850 g/mol. The molecule has 25 rings (SSSR count). The second-order valence-corrected chi connectivity index (χ2v) is 41.6. The zero-order chi connectivity index (χ0) is 98.4. The van der Waals surface area contributed by atoms with Crippen LogP contribution in [0, 0.1) is 0 Å². The molecule has 0 spiro atoms. The summed E-state index contributed by atoms with van der Waals surface area (Å²) in [5, 5.41) is 4.62. The molecule has 0 unspecified atom stereocenters. The SMILES string of the molecule is CC1(C)c2cc(-c3nc4ccccc4nc3-c3ccc(-c4ccccc4)cc3)ccc2-c2c(-c3ccccc3)cccc2C1(C)C.CC1(C)c2ccc(-c3cccc4c(-c5nc(-c6ccccc6)nc(-c6ccccc6)n5)cccc34)cc2-c2cccc(-c3ccccc3)c2C1(C)C.CC1(C)c2ccc(-c3nc(-c4ccccc4)nc(-c4ccc5ccccc5c4)n3)cc2-c2cccc(-c3ccccc3)c2C1(C)C. The minimum atomic E-state index is -0.136. The van der Waals surface area contributed by atoms with Crippen LogP contribution in [0.15, 0.2) is 449 Å². The van der Waals surface area contributed by atoms with Gasteiger partial charge in [0.15, 0.2) is 34.9 Å². The molecule has 3 heterocycles. The topological polar surface area (TPSA) is 103 Å². The van der Waals surface area contributed by atoms with Gasteiger partial charge in [-0.25, -0.2) is 39.9 Å². The van der Waals surface area contributed by atoms with Crippen LogP contribution in [0.4, 0.5) is 0 Å². The van der Waals surface area contributed by atoms with E-state index in [2.05, 4.69) is 465 Å². The first-order valence-electron chi connectivity index (χ1n) is 50.1. The number of aromatic nitrogens is 8. The summed E-state index contributed by atoms with van der Waals surface area (Å²) >= 11 is 0. The highest BCUT2D eigenvalue weighted by molar-refractivity contribution is 6.05. The van der Waals surface area contributed by atoms with E-state index in [4.69, 9.17) is 39.9 Å². The summed E-state index contributed by atoms with van der Waals surface area (Å²) in [6, 6.07) is 159. The van der Waals surface area contributed by atoms with Gasteiger partial charge in [-0.1, -0.05) is 496 Å². The standard InChI is InChI=1S/C49H39N3.C44H36N2.C43H35N3/c1-48(2)43-30-29-35(31-42(43)40-27-15-24-37(44(40)49(48,3)4)32-17-8-5-9-18-32)36-23-14-26-39-38(36)25-16-28-41(39)47-51-45(33-19-10-6-11-20-33)50-46(52-47)34-21-12-7-13-22-34;1-43(2)36-19-13-18-34(31-16-9-6-10-17-31)40(36)35-27-26-33(28-37(35)44(43,3)4)42-41(45-38-20-11-12-21-39(38)46-42)32-24-22-30(23-25-32)29-14-7-5-8-15-29;1-42(2)37-25-24-33(27-36(37)35-21-13-20-34(38(35)43(42,3)4)29-15-7-5-8-16-29)41-45-39(30-17-9-6-10-18-30)44-40(46-41)32-23-22-28-14-11-12-19-31(28)26-32/h5-31H,1-4H3;5-28H,1-4H3;5-27H,1-4H3. The number of hydrogen-bond donors (Lipinski definition) is 0. The van der Waals surface area contributed by atoms with Gasteiger partial charge in [0.2, 0.25) is 0 Å². The predicted molar refractivity (Wildman–Crippen MR) is 599 cm³/mol. The molecule has 0 aliphatic heterocycles. The van der Waals surface area contributed by atoms with Gasteiger partial charge >= 0.3 is 0 Å². The Morgan fingerprint density at radius 3 is 0.965 bits per heavy atom. The van der Waals surface area contributed by atoms with E-state index in [1.807, 2.05) is 66.7 Å². The van der Waals surface area contributed by atoms with Crippen molar-refractivity contribution in [1.29, 1.82) is 0 Å². The zero-order valence-corrected chi connectivity index (χ0v) is 83.3. The molecule has 144 heavy (non-hydrogen) atoms. The van der Waals surface area contributed by atoms with Crippen LogP contribution in [0.3, 0.4) is 0 Å². The molecule has 0 atom stereocenters. The number of para-hydroxylation sites is 2. The van der Waals surface area contributed by atoms with Crippen molar-refractivity contribution in [3.8, 4) is 180 Å². The Balaban J connectivity index is 0.000000120. The largest absolute Gasteiger partial charge is 0.244 e. The Kier molecular flexibility index (Phi) is 22.9. The average molecular weight is 1860 g/mol. The van der Waals surface area contributed by atoms with Gasteiger partial charge in [-0.05, 0) is 202 Å². The van der Waals surface area contributed by atoms with E-state index in [0.29, 0.717) is 34.9 Å². The lowest BCUT2D eigenvalue weighted by Gasteiger charge is -2.49. The van der Waals surface area contributed by atoms with E-state index >= 15 is 0 Å². The van der Waals surface area contributed by atoms with E-state index in [9.17, 15) is 0 Å². The van der Waals surface area contributed by atoms with E-state index in [1.54, 1.807) is 0 Å². The molecule has 694 valence electrons. The molecule has 0 fully saturated rings. The fourth-order valence-electron chi connectivity index (χ4n) is 22.4. The molecule has 3 aliphatic rings. The predicted octanol–water partition coefficient (Wildman–Crippen LogP) is 35.1. The number of hydrogen-bond acceptors (Lipinski definition) is 8. The fraction of sp³-hybridized carbons (Fsp3) is 0.132. The first-order valence-corrected chi connectivity index (χ1v) is 50.1. The number of nitrogens with zero attached hydrogens (tertiary/aromatic N) is 8. The molecule has 8 nitrogen and oxygen atoms in total. The maximum absolute atomic E-state index is 5.28. The van der Waals surface area contributed by atoms with Crippen molar-refractivity contribution >= 4 is 32.6 Å². The van der Waals surface area contributed by atoms with Gasteiger partial charge in [0, 0.05) is 55.3 Å². The maximum atomic E-state index is 5.28. The van der Waals surface area contributed by atoms with E-state index in [0.717, 1.165) is 83.1 Å². The second kappa shape index (κ2) is 36.3. The summed E-state index contributed by atoms with van der Waals surface area (Å²) in [4.78, 5) is 40.8. The average Bonchev–Trinajstić information content (AvgIpc) is 0.709. The van der Waals surface area contributed by atoms with E-state index in [1.165, 1.54) is 128 Å². The summed E-state index contributed by atoms with van der Waals surface area (Å²) in [5.74, 6) is 3.98. The van der Waals surface area contributed by atoms with Crippen LogP contribution in [0.2, 0.25) is 0 Å². The first kappa shape index (κ1) is 90.9. The normalized spacial score (nSPS) is 14.3. The highest BCUT2D eigenvalue weighted by Crippen LogP contribution is 2.61. The smallest absolute Gasteiger partial charge is 0.164 e. The molecule has 8 heteroatoms. The van der Waals surface area contributed by atoms with Gasteiger partial charge in [0.05, 0.1) is 22.4 Å². The van der Waals surface area contributed by atoms with E-state index < -0.39 is 0 Å². The van der Waals surface area contributed by atoms with Gasteiger partial charge in [-0.3, -0.25) is 0 Å². The molecule has 0 bridgehead atoms. The molecule has 0 saturated carbocycles. The summed E-state index contributed by atoms with van der Waals surface area (Å²) in [6.07, 6.45) is 0. The van der Waals surface area contributed by atoms with Gasteiger partial charge in [-0.15, -0.1) is 0 Å². The van der Waals surface area contributed by atoms with Crippen molar-refractivity contribution in [2.45, 2.75) is 116 Å². The first-order chi connectivity index (χ1) is 69.9. The summed E-state index contributed by atoms with van der Waals surface area (Å²) in [7, 11) is 0. The van der Waals surface area contributed by atoms with Gasteiger partial charge in [-0.2, -0.15) is 0 Å². The van der Waals surface area contributed by atoms with Crippen LogP contribution in [0.25, 0.3) is 212 Å². The van der Waals surface area contributed by atoms with E-state index in [-0.39, 0.29) is 32.5 Å². The minimum absolute atomic E-state index is 0.0978. The lowest BCUT2D eigenvalue weighted by atomic mass is 9.54. The molecule has 22 aromatic rings. The van der Waals surface area contributed by atoms with Crippen molar-refractivity contribution < 1.29 is 0 Å². The summed E-state index contributed by atoms with van der Waals surface area (Å²) < 4.78 is 0. The van der Waals surface area contributed by atoms with Crippen molar-refractivity contribution in [3.05, 3.63) is 482 Å². The second-order valence-electron chi connectivity index (χ2n) is 41.6. The Labute approximate surface area is 844 Å². The molecule has 3 aromatic heterocycles. The molecule has 0 saturated heterocycles.